The van der Waals surface area contributed by atoms with E-state index in [-0.39, 0.29) is 6.17 Å². The smallest absolute Gasteiger partial charge is 0.200 e. The van der Waals surface area contributed by atoms with E-state index in [0.29, 0.717) is 12.6 Å². The van der Waals surface area contributed by atoms with E-state index in [1.807, 2.05) is 31.2 Å². The van der Waals surface area contributed by atoms with Crippen molar-refractivity contribution in [3.05, 3.63) is 34.9 Å². The highest BCUT2D eigenvalue weighted by molar-refractivity contribution is 6.30. The van der Waals surface area contributed by atoms with Crippen molar-refractivity contribution in [1.82, 2.24) is 16.0 Å². The lowest BCUT2D eigenvalue weighted by molar-refractivity contribution is 0.677. The third-order valence-electron chi connectivity index (χ3n) is 2.67. The van der Waals surface area contributed by atoms with Gasteiger partial charge in [0.25, 0.3) is 0 Å². The predicted molar refractivity (Wildman–Crippen MR) is 84.0 cm³/mol. The van der Waals surface area contributed by atoms with Gasteiger partial charge in [-0.15, -0.1) is 0 Å². The molecule has 2 rings (SSSR count). The van der Waals surface area contributed by atoms with Gasteiger partial charge in [-0.25, -0.2) is 9.98 Å². The van der Waals surface area contributed by atoms with Crippen LogP contribution in [-0.4, -0.2) is 24.1 Å². The summed E-state index contributed by atoms with van der Waals surface area (Å²) in [6.07, 6.45) is -0.0924. The van der Waals surface area contributed by atoms with Crippen LogP contribution >= 0.6 is 11.6 Å². The topological polar surface area (TPSA) is 60.8 Å². The van der Waals surface area contributed by atoms with Crippen LogP contribution in [0.1, 0.15) is 26.3 Å². The fraction of sp³-hybridized carbons (Fsp3) is 0.429. The van der Waals surface area contributed by atoms with E-state index < -0.39 is 0 Å². The minimum absolute atomic E-state index is 0.0924. The fourth-order valence-electron chi connectivity index (χ4n) is 1.80. The maximum atomic E-state index is 5.87. The second kappa shape index (κ2) is 6.61. The van der Waals surface area contributed by atoms with Crippen molar-refractivity contribution >= 4 is 23.5 Å². The van der Waals surface area contributed by atoms with Crippen LogP contribution in [0.5, 0.6) is 0 Å². The van der Waals surface area contributed by atoms with Crippen molar-refractivity contribution in [3.8, 4) is 0 Å². The number of benzene rings is 1. The van der Waals surface area contributed by atoms with Crippen LogP contribution in [0.3, 0.4) is 0 Å². The average Bonchev–Trinajstić information content (AvgIpc) is 2.36. The zero-order valence-electron chi connectivity index (χ0n) is 11.9. The first-order valence-electron chi connectivity index (χ1n) is 6.70. The van der Waals surface area contributed by atoms with Crippen molar-refractivity contribution in [2.24, 2.45) is 9.98 Å². The van der Waals surface area contributed by atoms with Gasteiger partial charge >= 0.3 is 0 Å². The summed E-state index contributed by atoms with van der Waals surface area (Å²) in [5.74, 6) is 1.48. The van der Waals surface area contributed by atoms with Crippen LogP contribution in [-0.2, 0) is 6.54 Å². The van der Waals surface area contributed by atoms with Gasteiger partial charge in [0, 0.05) is 17.6 Å². The Hall–Kier alpha value is -1.75. The Morgan fingerprint density at radius 2 is 1.85 bits per heavy atom. The Balaban J connectivity index is 1.91. The van der Waals surface area contributed by atoms with E-state index in [9.17, 15) is 0 Å². The molecule has 0 spiro atoms. The highest BCUT2D eigenvalue weighted by atomic mass is 35.5. The Bertz CT molecular complexity index is 507. The first-order chi connectivity index (χ1) is 9.52. The molecule has 0 saturated carbocycles. The van der Waals surface area contributed by atoms with Gasteiger partial charge < -0.3 is 10.6 Å². The van der Waals surface area contributed by atoms with Gasteiger partial charge in [-0.2, -0.15) is 0 Å². The molecular weight excluding hydrogens is 274 g/mol. The van der Waals surface area contributed by atoms with Gasteiger partial charge in [0.05, 0.1) is 0 Å². The van der Waals surface area contributed by atoms with Crippen LogP contribution < -0.4 is 16.0 Å². The Labute approximate surface area is 124 Å². The number of rotatable bonds is 3. The lowest BCUT2D eigenvalue weighted by atomic mass is 10.2. The molecule has 1 aliphatic heterocycles. The first kappa shape index (κ1) is 14.7. The second-order valence-corrected chi connectivity index (χ2v) is 5.43. The molecule has 0 fully saturated rings. The molecule has 0 bridgehead atoms. The molecule has 1 aromatic rings. The minimum atomic E-state index is -0.0924. The normalized spacial score (nSPS) is 18.1. The second-order valence-electron chi connectivity index (χ2n) is 4.99. The molecule has 3 N–H and O–H groups in total. The number of nitrogens with zero attached hydrogens (tertiary/aromatic N) is 2. The minimum Gasteiger partial charge on any atom is -0.354 e. The van der Waals surface area contributed by atoms with Crippen molar-refractivity contribution < 1.29 is 0 Å². The SMILES string of the molecule is CC1N=C(NCc2ccc(Cl)cc2)NC(NC(C)C)=N1. The Kier molecular flexibility index (Phi) is 4.84. The molecule has 108 valence electrons. The molecule has 1 heterocycles. The number of nitrogens with one attached hydrogen (secondary N) is 3. The van der Waals surface area contributed by atoms with Gasteiger partial charge in [-0.1, -0.05) is 23.7 Å². The molecule has 5 nitrogen and oxygen atoms in total. The molecule has 0 radical (unpaired) electrons. The van der Waals surface area contributed by atoms with Crippen molar-refractivity contribution in [2.45, 2.75) is 39.5 Å². The third-order valence-corrected chi connectivity index (χ3v) is 2.92. The van der Waals surface area contributed by atoms with E-state index in [4.69, 9.17) is 11.6 Å². The number of aliphatic imine (C=N–C) groups is 2. The largest absolute Gasteiger partial charge is 0.354 e. The Morgan fingerprint density at radius 1 is 1.20 bits per heavy atom. The van der Waals surface area contributed by atoms with Crippen molar-refractivity contribution in [1.29, 1.82) is 0 Å². The van der Waals surface area contributed by atoms with Crippen LogP contribution in [0.4, 0.5) is 0 Å². The van der Waals surface area contributed by atoms with E-state index in [0.717, 1.165) is 22.5 Å². The third kappa shape index (κ3) is 4.42. The quantitative estimate of drug-likeness (QED) is 0.800. The number of halogens is 1. The van der Waals surface area contributed by atoms with E-state index in [1.165, 1.54) is 0 Å². The number of guanidine groups is 2. The number of hydrogen-bond acceptors (Lipinski definition) is 5. The van der Waals surface area contributed by atoms with Gasteiger partial charge in [0.1, 0.15) is 6.17 Å². The summed E-state index contributed by atoms with van der Waals surface area (Å²) < 4.78 is 0. The van der Waals surface area contributed by atoms with Gasteiger partial charge in [-0.3, -0.25) is 5.32 Å². The first-order valence-corrected chi connectivity index (χ1v) is 7.08. The molecule has 20 heavy (non-hydrogen) atoms. The molecular formula is C14H20ClN5. The average molecular weight is 294 g/mol. The van der Waals surface area contributed by atoms with Crippen LogP contribution in [0, 0.1) is 0 Å². The molecule has 1 unspecified atom stereocenters. The molecule has 0 saturated heterocycles. The summed E-state index contributed by atoms with van der Waals surface area (Å²) in [4.78, 5) is 8.80. The molecule has 0 aliphatic carbocycles. The maximum Gasteiger partial charge on any atom is 0.200 e. The van der Waals surface area contributed by atoms with Crippen LogP contribution in [0.2, 0.25) is 5.02 Å². The highest BCUT2D eigenvalue weighted by Crippen LogP contribution is 2.09. The zero-order valence-corrected chi connectivity index (χ0v) is 12.7. The Morgan fingerprint density at radius 3 is 2.50 bits per heavy atom. The van der Waals surface area contributed by atoms with Crippen LogP contribution in [0.15, 0.2) is 34.3 Å². The van der Waals surface area contributed by atoms with Gasteiger partial charge in [-0.05, 0) is 38.5 Å². The van der Waals surface area contributed by atoms with E-state index >= 15 is 0 Å². The zero-order chi connectivity index (χ0) is 14.5. The monoisotopic (exact) mass is 293 g/mol. The van der Waals surface area contributed by atoms with Crippen molar-refractivity contribution in [2.75, 3.05) is 0 Å². The van der Waals surface area contributed by atoms with Gasteiger partial charge in [0.15, 0.2) is 5.96 Å². The number of hydrogen-bond donors (Lipinski definition) is 3. The predicted octanol–water partition coefficient (Wildman–Crippen LogP) is 2.09. The lowest BCUT2D eigenvalue weighted by Gasteiger charge is -2.22. The molecule has 6 heteroatoms. The summed E-state index contributed by atoms with van der Waals surface area (Å²) in [6.45, 7) is 6.78. The van der Waals surface area contributed by atoms with E-state index in [1.54, 1.807) is 0 Å². The summed E-state index contributed by atoms with van der Waals surface area (Å²) >= 11 is 5.87. The summed E-state index contributed by atoms with van der Waals surface area (Å²) in [7, 11) is 0. The summed E-state index contributed by atoms with van der Waals surface area (Å²) in [5, 5.41) is 10.4. The maximum absolute atomic E-state index is 5.87. The molecule has 1 atom stereocenters. The molecule has 1 aromatic carbocycles. The highest BCUT2D eigenvalue weighted by Gasteiger charge is 2.13. The summed E-state index contributed by atoms with van der Waals surface area (Å²) in [5.41, 5.74) is 1.15. The standard InChI is InChI=1S/C14H20ClN5/c1-9(2)17-14-19-10(3)18-13(20-14)16-8-11-4-6-12(15)7-5-11/h4-7,9-10H,8H2,1-3H3,(H3,16,17,18,19,20). The molecule has 0 aromatic heterocycles. The van der Waals surface area contributed by atoms with Gasteiger partial charge in [0.2, 0.25) is 5.96 Å². The van der Waals surface area contributed by atoms with Crippen molar-refractivity contribution in [3.63, 3.8) is 0 Å². The summed E-state index contributed by atoms with van der Waals surface area (Å²) in [6, 6.07) is 8.06. The fourth-order valence-corrected chi connectivity index (χ4v) is 1.93. The lowest BCUT2D eigenvalue weighted by Crippen LogP contribution is -2.51. The molecule has 1 aliphatic rings. The van der Waals surface area contributed by atoms with E-state index in [2.05, 4.69) is 39.8 Å². The van der Waals surface area contributed by atoms with Crippen LogP contribution in [0.25, 0.3) is 0 Å². The molecule has 0 amide bonds.